The van der Waals surface area contributed by atoms with Gasteiger partial charge in [0.25, 0.3) is 0 Å². The van der Waals surface area contributed by atoms with Crippen LogP contribution in [0, 0.1) is 0 Å². The molecule has 0 radical (unpaired) electrons. The van der Waals surface area contributed by atoms with Crippen LogP contribution in [0.4, 0.5) is 11.6 Å². The molecule has 1 aliphatic rings. The normalized spacial score (nSPS) is 22.4. The fraction of sp³-hybridized carbons (Fsp3) is 0.556. The van der Waals surface area contributed by atoms with E-state index in [9.17, 15) is 5.11 Å². The van der Waals surface area contributed by atoms with Crippen LogP contribution in [0.5, 0.6) is 0 Å². The standard InChI is InChI=1S/C9H14N4O/c10-7-5-8(12-6-11-7)13-4-2-1-3-9(13)14/h5-6,9,14H,1-4H2,(H2,10,11,12). The number of hydrogen-bond donors (Lipinski definition) is 2. The van der Waals surface area contributed by atoms with Crippen LogP contribution in [0.25, 0.3) is 0 Å². The summed E-state index contributed by atoms with van der Waals surface area (Å²) in [6.45, 7) is 0.831. The van der Waals surface area contributed by atoms with Crippen LogP contribution in [-0.2, 0) is 0 Å². The first-order valence-electron chi connectivity index (χ1n) is 4.79. The van der Waals surface area contributed by atoms with E-state index in [1.54, 1.807) is 6.07 Å². The van der Waals surface area contributed by atoms with Crippen molar-refractivity contribution in [1.82, 2.24) is 9.97 Å². The summed E-state index contributed by atoms with van der Waals surface area (Å²) in [6.07, 6.45) is 3.94. The van der Waals surface area contributed by atoms with Crippen molar-refractivity contribution in [1.29, 1.82) is 0 Å². The molecule has 0 amide bonds. The number of piperidine rings is 1. The quantitative estimate of drug-likeness (QED) is 0.675. The first-order chi connectivity index (χ1) is 6.77. The molecular formula is C9H14N4O. The monoisotopic (exact) mass is 194 g/mol. The molecule has 76 valence electrons. The van der Waals surface area contributed by atoms with Crippen LogP contribution in [0.2, 0.25) is 0 Å². The van der Waals surface area contributed by atoms with Crippen molar-refractivity contribution in [3.8, 4) is 0 Å². The first-order valence-corrected chi connectivity index (χ1v) is 4.79. The third-order valence-electron chi connectivity index (χ3n) is 2.44. The summed E-state index contributed by atoms with van der Waals surface area (Å²) in [6, 6.07) is 1.69. The molecule has 3 N–H and O–H groups in total. The average Bonchev–Trinajstić information content (AvgIpc) is 2.18. The molecule has 2 rings (SSSR count). The van der Waals surface area contributed by atoms with Gasteiger partial charge in [0, 0.05) is 12.6 Å². The molecule has 1 fully saturated rings. The van der Waals surface area contributed by atoms with Gasteiger partial charge in [0.05, 0.1) is 0 Å². The van der Waals surface area contributed by atoms with Crippen LogP contribution in [0.15, 0.2) is 12.4 Å². The smallest absolute Gasteiger partial charge is 0.136 e. The number of nitrogen functional groups attached to an aromatic ring is 1. The fourth-order valence-electron chi connectivity index (χ4n) is 1.70. The Kier molecular flexibility index (Phi) is 2.49. The molecule has 1 aromatic rings. The van der Waals surface area contributed by atoms with E-state index in [1.807, 2.05) is 4.90 Å². The number of rotatable bonds is 1. The van der Waals surface area contributed by atoms with Gasteiger partial charge in [-0.15, -0.1) is 0 Å². The van der Waals surface area contributed by atoms with Crippen LogP contribution in [-0.4, -0.2) is 27.8 Å². The second kappa shape index (κ2) is 3.79. The Balaban J connectivity index is 2.20. The van der Waals surface area contributed by atoms with Gasteiger partial charge in [0.15, 0.2) is 0 Å². The van der Waals surface area contributed by atoms with E-state index in [0.29, 0.717) is 11.6 Å². The maximum atomic E-state index is 9.74. The molecule has 0 bridgehead atoms. The van der Waals surface area contributed by atoms with Crippen LogP contribution in [0.3, 0.4) is 0 Å². The lowest BCUT2D eigenvalue weighted by molar-refractivity contribution is 0.139. The number of aromatic nitrogens is 2. The third kappa shape index (κ3) is 1.77. The van der Waals surface area contributed by atoms with Crippen molar-refractivity contribution in [3.63, 3.8) is 0 Å². The van der Waals surface area contributed by atoms with Gasteiger partial charge < -0.3 is 15.7 Å². The minimum absolute atomic E-state index is 0.432. The van der Waals surface area contributed by atoms with Crippen molar-refractivity contribution < 1.29 is 5.11 Å². The van der Waals surface area contributed by atoms with Crippen molar-refractivity contribution >= 4 is 11.6 Å². The zero-order valence-corrected chi connectivity index (χ0v) is 7.93. The highest BCUT2D eigenvalue weighted by Crippen LogP contribution is 2.21. The van der Waals surface area contributed by atoms with Gasteiger partial charge in [-0.25, -0.2) is 9.97 Å². The molecule has 14 heavy (non-hydrogen) atoms. The molecule has 1 unspecified atom stereocenters. The maximum absolute atomic E-state index is 9.74. The number of nitrogens with two attached hydrogens (primary N) is 1. The summed E-state index contributed by atoms with van der Waals surface area (Å²) in [4.78, 5) is 9.77. The predicted octanol–water partition coefficient (Wildman–Crippen LogP) is 0.367. The van der Waals surface area contributed by atoms with E-state index >= 15 is 0 Å². The van der Waals surface area contributed by atoms with Crippen LogP contribution < -0.4 is 10.6 Å². The van der Waals surface area contributed by atoms with E-state index in [1.165, 1.54) is 6.33 Å². The zero-order chi connectivity index (χ0) is 9.97. The molecule has 1 saturated heterocycles. The van der Waals surface area contributed by atoms with Gasteiger partial charge in [-0.3, -0.25) is 0 Å². The highest BCUT2D eigenvalue weighted by molar-refractivity contribution is 5.46. The SMILES string of the molecule is Nc1cc(N2CCCCC2O)ncn1. The molecule has 0 saturated carbocycles. The lowest BCUT2D eigenvalue weighted by atomic mass is 10.1. The first kappa shape index (κ1) is 9.21. The summed E-state index contributed by atoms with van der Waals surface area (Å²) in [5, 5.41) is 9.74. The molecule has 5 heteroatoms. The van der Waals surface area contributed by atoms with Gasteiger partial charge >= 0.3 is 0 Å². The Hall–Kier alpha value is -1.36. The van der Waals surface area contributed by atoms with Crippen LogP contribution >= 0.6 is 0 Å². The van der Waals surface area contributed by atoms with Crippen molar-refractivity contribution in [2.24, 2.45) is 0 Å². The van der Waals surface area contributed by atoms with Gasteiger partial charge in [0.1, 0.15) is 24.2 Å². The second-order valence-corrected chi connectivity index (χ2v) is 3.47. The molecule has 5 nitrogen and oxygen atoms in total. The highest BCUT2D eigenvalue weighted by Gasteiger charge is 2.21. The molecule has 1 aliphatic heterocycles. The van der Waals surface area contributed by atoms with E-state index in [0.717, 1.165) is 25.8 Å². The summed E-state index contributed by atoms with van der Waals surface area (Å²) in [7, 11) is 0. The average molecular weight is 194 g/mol. The number of aliphatic hydroxyl groups excluding tert-OH is 1. The van der Waals surface area contributed by atoms with Crippen LogP contribution in [0.1, 0.15) is 19.3 Å². The molecule has 1 atom stereocenters. The number of aliphatic hydroxyl groups is 1. The van der Waals surface area contributed by atoms with E-state index < -0.39 is 6.23 Å². The third-order valence-corrected chi connectivity index (χ3v) is 2.44. The fourth-order valence-corrected chi connectivity index (χ4v) is 1.70. The Bertz CT molecular complexity index is 317. The lowest BCUT2D eigenvalue weighted by Crippen LogP contribution is -2.39. The summed E-state index contributed by atoms with van der Waals surface area (Å²) in [5.74, 6) is 1.15. The van der Waals surface area contributed by atoms with Crippen molar-refractivity contribution in [2.75, 3.05) is 17.2 Å². The molecular weight excluding hydrogens is 180 g/mol. The van der Waals surface area contributed by atoms with Gasteiger partial charge in [-0.05, 0) is 19.3 Å². The molecule has 0 aromatic carbocycles. The second-order valence-electron chi connectivity index (χ2n) is 3.47. The molecule has 0 aliphatic carbocycles. The van der Waals surface area contributed by atoms with Gasteiger partial charge in [0.2, 0.25) is 0 Å². The lowest BCUT2D eigenvalue weighted by Gasteiger charge is -2.32. The minimum atomic E-state index is -0.432. The highest BCUT2D eigenvalue weighted by atomic mass is 16.3. The topological polar surface area (TPSA) is 75.3 Å². The van der Waals surface area contributed by atoms with Gasteiger partial charge in [-0.2, -0.15) is 0 Å². The molecule has 0 spiro atoms. The van der Waals surface area contributed by atoms with E-state index in [-0.39, 0.29) is 0 Å². The van der Waals surface area contributed by atoms with Crippen molar-refractivity contribution in [2.45, 2.75) is 25.5 Å². The minimum Gasteiger partial charge on any atom is -0.384 e. The molecule has 1 aromatic heterocycles. The Morgan fingerprint density at radius 3 is 3.00 bits per heavy atom. The predicted molar refractivity (Wildman–Crippen MR) is 53.6 cm³/mol. The Labute approximate surface area is 82.6 Å². The van der Waals surface area contributed by atoms with E-state index in [4.69, 9.17) is 5.73 Å². The largest absolute Gasteiger partial charge is 0.384 e. The number of hydrogen-bond acceptors (Lipinski definition) is 5. The number of nitrogens with zero attached hydrogens (tertiary/aromatic N) is 3. The summed E-state index contributed by atoms with van der Waals surface area (Å²) < 4.78 is 0. The van der Waals surface area contributed by atoms with Gasteiger partial charge in [-0.1, -0.05) is 0 Å². The molecule has 2 heterocycles. The van der Waals surface area contributed by atoms with E-state index in [2.05, 4.69) is 9.97 Å². The maximum Gasteiger partial charge on any atom is 0.136 e. The number of anilines is 2. The Morgan fingerprint density at radius 1 is 1.43 bits per heavy atom. The summed E-state index contributed by atoms with van der Waals surface area (Å²) >= 11 is 0. The zero-order valence-electron chi connectivity index (χ0n) is 7.93. The van der Waals surface area contributed by atoms with Crippen molar-refractivity contribution in [3.05, 3.63) is 12.4 Å². The summed E-state index contributed by atoms with van der Waals surface area (Å²) in [5.41, 5.74) is 5.55. The Morgan fingerprint density at radius 2 is 2.29 bits per heavy atom.